The maximum Gasteiger partial charge on any atom is 0.235 e. The first-order chi connectivity index (χ1) is 18.4. The van der Waals surface area contributed by atoms with Gasteiger partial charge in [0, 0.05) is 51.9 Å². The molecule has 0 aliphatic rings. The maximum atomic E-state index is 5.17. The summed E-state index contributed by atoms with van der Waals surface area (Å²) in [6.45, 7) is 0. The summed E-state index contributed by atoms with van der Waals surface area (Å²) in [6, 6.07) is 28.6. The van der Waals surface area contributed by atoms with Crippen LogP contribution in [0.2, 0.25) is 0 Å². The molecule has 0 amide bonds. The van der Waals surface area contributed by atoms with E-state index in [4.69, 9.17) is 19.9 Å². The van der Waals surface area contributed by atoms with Gasteiger partial charge in [-0.2, -0.15) is 0 Å². The highest BCUT2D eigenvalue weighted by Crippen LogP contribution is 2.35. The van der Waals surface area contributed by atoms with Gasteiger partial charge in [0.2, 0.25) is 5.95 Å². The lowest BCUT2D eigenvalue weighted by Gasteiger charge is -2.12. The SMILES string of the molecule is c1ccc(-c2ncc3c4ccccc4c4cnc(-n5c6ccccc6c6cnccc65)nc4c3n2)cc1. The van der Waals surface area contributed by atoms with E-state index in [0.717, 1.165) is 59.9 Å². The molecule has 4 aromatic carbocycles. The maximum absolute atomic E-state index is 5.17. The summed E-state index contributed by atoms with van der Waals surface area (Å²) < 4.78 is 2.10. The Labute approximate surface area is 210 Å². The minimum atomic E-state index is 0.598. The quantitative estimate of drug-likeness (QED) is 0.255. The van der Waals surface area contributed by atoms with Gasteiger partial charge in [0.25, 0.3) is 0 Å². The Kier molecular flexibility index (Phi) is 4.13. The summed E-state index contributed by atoms with van der Waals surface area (Å²) in [7, 11) is 0. The third kappa shape index (κ3) is 2.90. The van der Waals surface area contributed by atoms with E-state index in [1.807, 2.05) is 79.3 Å². The normalized spacial score (nSPS) is 11.8. The highest BCUT2D eigenvalue weighted by Gasteiger charge is 2.17. The average Bonchev–Trinajstić information content (AvgIpc) is 3.32. The molecular formula is C31H18N6. The fourth-order valence-corrected chi connectivity index (χ4v) is 5.33. The van der Waals surface area contributed by atoms with Crippen LogP contribution in [0.3, 0.4) is 0 Å². The first-order valence-electron chi connectivity index (χ1n) is 12.1. The van der Waals surface area contributed by atoms with E-state index in [1.165, 1.54) is 0 Å². The van der Waals surface area contributed by atoms with Crippen molar-refractivity contribution in [2.75, 3.05) is 0 Å². The van der Waals surface area contributed by atoms with Crippen LogP contribution in [-0.4, -0.2) is 29.5 Å². The Morgan fingerprint density at radius 2 is 1.14 bits per heavy atom. The van der Waals surface area contributed by atoms with Crippen LogP contribution in [0.25, 0.3) is 71.7 Å². The predicted octanol–water partition coefficient (Wildman–Crippen LogP) is 6.89. The van der Waals surface area contributed by atoms with Crippen molar-refractivity contribution in [1.29, 1.82) is 0 Å². The van der Waals surface area contributed by atoms with Gasteiger partial charge in [-0.1, -0.05) is 72.8 Å². The van der Waals surface area contributed by atoms with E-state index in [2.05, 4.69) is 33.8 Å². The third-order valence-electron chi connectivity index (χ3n) is 7.00. The molecule has 0 N–H and O–H groups in total. The number of para-hydroxylation sites is 1. The van der Waals surface area contributed by atoms with Crippen LogP contribution in [0.5, 0.6) is 0 Å². The van der Waals surface area contributed by atoms with Crippen molar-refractivity contribution in [3.63, 3.8) is 0 Å². The van der Waals surface area contributed by atoms with Gasteiger partial charge in [0.05, 0.1) is 11.0 Å². The predicted molar refractivity (Wildman–Crippen MR) is 148 cm³/mol. The molecule has 4 aromatic heterocycles. The summed E-state index contributed by atoms with van der Waals surface area (Å²) >= 11 is 0. The molecule has 0 unspecified atom stereocenters. The number of rotatable bonds is 2. The Hall–Kier alpha value is -5.23. The van der Waals surface area contributed by atoms with E-state index in [0.29, 0.717) is 11.8 Å². The number of fused-ring (bicyclic) bond motifs is 9. The fourth-order valence-electron chi connectivity index (χ4n) is 5.33. The molecule has 8 rings (SSSR count). The number of hydrogen-bond acceptors (Lipinski definition) is 5. The molecule has 6 nitrogen and oxygen atoms in total. The summed E-state index contributed by atoms with van der Waals surface area (Å²) in [4.78, 5) is 24.2. The monoisotopic (exact) mass is 474 g/mol. The van der Waals surface area contributed by atoms with E-state index in [-0.39, 0.29) is 0 Å². The van der Waals surface area contributed by atoms with Crippen molar-refractivity contribution in [3.8, 4) is 17.3 Å². The lowest BCUT2D eigenvalue weighted by Crippen LogP contribution is -2.02. The molecule has 0 spiro atoms. The third-order valence-corrected chi connectivity index (χ3v) is 7.00. The van der Waals surface area contributed by atoms with E-state index in [1.54, 1.807) is 6.20 Å². The number of hydrogen-bond donors (Lipinski definition) is 0. The van der Waals surface area contributed by atoms with Gasteiger partial charge >= 0.3 is 0 Å². The summed E-state index contributed by atoms with van der Waals surface area (Å²) in [5.41, 5.74) is 4.64. The van der Waals surface area contributed by atoms with E-state index < -0.39 is 0 Å². The van der Waals surface area contributed by atoms with Gasteiger partial charge < -0.3 is 0 Å². The molecule has 172 valence electrons. The van der Waals surface area contributed by atoms with Gasteiger partial charge in [-0.05, 0) is 22.9 Å². The summed E-state index contributed by atoms with van der Waals surface area (Å²) in [5, 5.41) is 6.29. The molecule has 0 aliphatic carbocycles. The second-order valence-electron chi connectivity index (χ2n) is 9.05. The van der Waals surface area contributed by atoms with Crippen LogP contribution in [0, 0.1) is 0 Å². The molecule has 4 heterocycles. The van der Waals surface area contributed by atoms with Crippen molar-refractivity contribution in [3.05, 3.63) is 110 Å². The van der Waals surface area contributed by atoms with Gasteiger partial charge in [0.1, 0.15) is 11.0 Å². The average molecular weight is 475 g/mol. The molecule has 8 aromatic rings. The van der Waals surface area contributed by atoms with E-state index in [9.17, 15) is 0 Å². The zero-order valence-corrected chi connectivity index (χ0v) is 19.6. The van der Waals surface area contributed by atoms with Crippen molar-refractivity contribution >= 4 is 54.4 Å². The number of benzene rings is 4. The Morgan fingerprint density at radius 3 is 1.95 bits per heavy atom. The molecule has 0 radical (unpaired) electrons. The zero-order chi connectivity index (χ0) is 24.3. The van der Waals surface area contributed by atoms with Crippen molar-refractivity contribution in [2.45, 2.75) is 0 Å². The topological polar surface area (TPSA) is 69.4 Å². The van der Waals surface area contributed by atoms with Gasteiger partial charge in [-0.3, -0.25) is 9.55 Å². The lowest BCUT2D eigenvalue weighted by atomic mass is 10.0. The van der Waals surface area contributed by atoms with Crippen LogP contribution in [0.4, 0.5) is 0 Å². The van der Waals surface area contributed by atoms with Crippen molar-refractivity contribution in [1.82, 2.24) is 29.5 Å². The van der Waals surface area contributed by atoms with Crippen LogP contribution >= 0.6 is 0 Å². The highest BCUT2D eigenvalue weighted by molar-refractivity contribution is 6.23. The minimum absolute atomic E-state index is 0.598. The van der Waals surface area contributed by atoms with Crippen LogP contribution in [0.1, 0.15) is 0 Å². The Bertz CT molecular complexity index is 2090. The second kappa shape index (κ2) is 7.63. The van der Waals surface area contributed by atoms with Gasteiger partial charge in [0.15, 0.2) is 5.82 Å². The molecule has 0 saturated heterocycles. The molecule has 37 heavy (non-hydrogen) atoms. The standard InChI is InChI=1S/C31H18N6/c1-2-8-19(9-3-1)30-33-17-24-20-10-4-5-11-21(20)25-18-34-31(36-29(25)28(24)35-30)37-26-13-7-6-12-22(26)23-16-32-15-14-27(23)37/h1-18H. The second-order valence-corrected chi connectivity index (χ2v) is 9.05. The molecule has 6 heteroatoms. The smallest absolute Gasteiger partial charge is 0.235 e. The molecule has 0 bridgehead atoms. The number of nitrogens with zero attached hydrogens (tertiary/aromatic N) is 6. The largest absolute Gasteiger partial charge is 0.278 e. The number of aromatic nitrogens is 6. The van der Waals surface area contributed by atoms with E-state index >= 15 is 0 Å². The Balaban J connectivity index is 1.51. The first kappa shape index (κ1) is 20.0. The molecule has 0 atom stereocenters. The summed E-state index contributed by atoms with van der Waals surface area (Å²) in [6.07, 6.45) is 7.55. The fraction of sp³-hybridized carbons (Fsp3) is 0. The first-order valence-corrected chi connectivity index (χ1v) is 12.1. The molecular weight excluding hydrogens is 456 g/mol. The minimum Gasteiger partial charge on any atom is -0.278 e. The van der Waals surface area contributed by atoms with Crippen molar-refractivity contribution in [2.24, 2.45) is 0 Å². The lowest BCUT2D eigenvalue weighted by molar-refractivity contribution is 1.01. The van der Waals surface area contributed by atoms with Gasteiger partial charge in [-0.15, -0.1) is 0 Å². The van der Waals surface area contributed by atoms with Crippen LogP contribution in [-0.2, 0) is 0 Å². The molecule has 0 fully saturated rings. The van der Waals surface area contributed by atoms with Gasteiger partial charge in [-0.25, -0.2) is 19.9 Å². The molecule has 0 aliphatic heterocycles. The zero-order valence-electron chi connectivity index (χ0n) is 19.6. The van der Waals surface area contributed by atoms with Crippen molar-refractivity contribution < 1.29 is 0 Å². The summed E-state index contributed by atoms with van der Waals surface area (Å²) in [5.74, 6) is 1.27. The highest BCUT2D eigenvalue weighted by atomic mass is 15.2. The molecule has 0 saturated carbocycles. The Morgan fingerprint density at radius 1 is 0.486 bits per heavy atom. The number of pyridine rings is 1. The van der Waals surface area contributed by atoms with Crippen LogP contribution in [0.15, 0.2) is 110 Å². The van der Waals surface area contributed by atoms with Crippen LogP contribution < -0.4 is 0 Å².